The molecule has 0 aliphatic carbocycles. The first-order valence-corrected chi connectivity index (χ1v) is 7.31. The number of hydrogen-bond acceptors (Lipinski definition) is 3. The molecule has 108 valence electrons. The Kier molecular flexibility index (Phi) is 3.91. The van der Waals surface area contributed by atoms with Gasteiger partial charge < -0.3 is 0 Å². The Morgan fingerprint density at radius 1 is 1.14 bits per heavy atom. The summed E-state index contributed by atoms with van der Waals surface area (Å²) in [4.78, 5) is -0.536. The molecule has 2 rings (SSSR count). The summed E-state index contributed by atoms with van der Waals surface area (Å²) in [6, 6.07) is 8.62. The minimum absolute atomic E-state index is 0.261. The Balaban J connectivity index is 2.52. The maximum atomic E-state index is 13.6. The Morgan fingerprint density at radius 2 is 1.86 bits per heavy atom. The molecular weight excluding hydrogens is 298 g/mol. The third-order valence-electron chi connectivity index (χ3n) is 2.74. The number of nitrogens with zero attached hydrogens (tertiary/aromatic N) is 1. The third kappa shape index (κ3) is 3.01. The second-order valence-electron chi connectivity index (χ2n) is 4.31. The maximum absolute atomic E-state index is 13.6. The van der Waals surface area contributed by atoms with Crippen molar-refractivity contribution in [3.8, 4) is 6.07 Å². The van der Waals surface area contributed by atoms with Crippen LogP contribution in [0.2, 0.25) is 0 Å². The Morgan fingerprint density at radius 3 is 2.52 bits per heavy atom. The molecule has 0 atom stereocenters. The van der Waals surface area contributed by atoms with Crippen LogP contribution in [-0.4, -0.2) is 8.42 Å². The number of rotatable bonds is 3. The molecule has 7 heteroatoms. The zero-order valence-corrected chi connectivity index (χ0v) is 11.7. The average Bonchev–Trinajstić information content (AvgIpc) is 2.42. The first-order chi connectivity index (χ1) is 9.85. The van der Waals surface area contributed by atoms with Crippen LogP contribution in [0.1, 0.15) is 11.1 Å². The fourth-order valence-electron chi connectivity index (χ4n) is 1.75. The fourth-order valence-corrected chi connectivity index (χ4v) is 2.98. The van der Waals surface area contributed by atoms with Crippen molar-refractivity contribution < 1.29 is 17.2 Å². The van der Waals surface area contributed by atoms with Gasteiger partial charge in [0, 0.05) is 0 Å². The molecular formula is C14H10F2N2O2S. The van der Waals surface area contributed by atoms with Crippen LogP contribution in [0.25, 0.3) is 0 Å². The summed E-state index contributed by atoms with van der Waals surface area (Å²) < 4.78 is 53.5. The summed E-state index contributed by atoms with van der Waals surface area (Å²) in [7, 11) is -4.27. The van der Waals surface area contributed by atoms with E-state index in [2.05, 4.69) is 0 Å². The van der Waals surface area contributed by atoms with E-state index >= 15 is 0 Å². The van der Waals surface area contributed by atoms with E-state index < -0.39 is 32.1 Å². The van der Waals surface area contributed by atoms with Gasteiger partial charge in [-0.3, -0.25) is 4.72 Å². The second-order valence-corrected chi connectivity index (χ2v) is 5.96. The van der Waals surface area contributed by atoms with Crippen molar-refractivity contribution in [3.63, 3.8) is 0 Å². The highest BCUT2D eigenvalue weighted by molar-refractivity contribution is 7.92. The smallest absolute Gasteiger partial charge is 0.263 e. The summed E-state index contributed by atoms with van der Waals surface area (Å²) >= 11 is 0. The summed E-state index contributed by atoms with van der Waals surface area (Å²) in [6.07, 6.45) is 0. The van der Waals surface area contributed by atoms with Gasteiger partial charge in [-0.25, -0.2) is 17.2 Å². The largest absolute Gasteiger partial charge is 0.277 e. The molecule has 4 nitrogen and oxygen atoms in total. The van der Waals surface area contributed by atoms with Gasteiger partial charge in [-0.05, 0) is 36.8 Å². The summed E-state index contributed by atoms with van der Waals surface area (Å²) in [5.74, 6) is -1.72. The van der Waals surface area contributed by atoms with Crippen molar-refractivity contribution >= 4 is 15.7 Å². The molecule has 1 N–H and O–H groups in total. The highest BCUT2D eigenvalue weighted by Gasteiger charge is 2.22. The van der Waals surface area contributed by atoms with Gasteiger partial charge in [-0.2, -0.15) is 5.26 Å². The van der Waals surface area contributed by atoms with Crippen molar-refractivity contribution in [3.05, 3.63) is 59.2 Å². The predicted octanol–water partition coefficient (Wildman–Crippen LogP) is 2.95. The Hall–Kier alpha value is -2.46. The van der Waals surface area contributed by atoms with Crippen molar-refractivity contribution in [2.45, 2.75) is 11.8 Å². The molecule has 0 unspecified atom stereocenters. The third-order valence-corrected chi connectivity index (χ3v) is 4.15. The number of hydrogen-bond donors (Lipinski definition) is 1. The molecule has 0 aromatic heterocycles. The lowest BCUT2D eigenvalue weighted by Crippen LogP contribution is -2.16. The van der Waals surface area contributed by atoms with Crippen LogP contribution in [0.5, 0.6) is 0 Å². The number of aryl methyl sites for hydroxylation is 1. The van der Waals surface area contributed by atoms with Crippen LogP contribution in [0.15, 0.2) is 41.3 Å². The molecule has 0 fully saturated rings. The van der Waals surface area contributed by atoms with Crippen LogP contribution in [0, 0.1) is 29.9 Å². The van der Waals surface area contributed by atoms with Crippen molar-refractivity contribution in [2.75, 3.05) is 4.72 Å². The fraction of sp³-hybridized carbons (Fsp3) is 0.0714. The number of nitriles is 1. The van der Waals surface area contributed by atoms with Crippen molar-refractivity contribution in [1.82, 2.24) is 0 Å². The minimum atomic E-state index is -4.27. The lowest BCUT2D eigenvalue weighted by Gasteiger charge is -2.11. The van der Waals surface area contributed by atoms with E-state index in [1.54, 1.807) is 6.92 Å². The van der Waals surface area contributed by atoms with E-state index in [1.165, 1.54) is 18.2 Å². The lowest BCUT2D eigenvalue weighted by molar-refractivity contribution is 0.592. The molecule has 0 saturated heterocycles. The van der Waals surface area contributed by atoms with Gasteiger partial charge in [0.2, 0.25) is 0 Å². The van der Waals surface area contributed by atoms with Gasteiger partial charge in [0.1, 0.15) is 28.2 Å². The molecule has 21 heavy (non-hydrogen) atoms. The topological polar surface area (TPSA) is 70.0 Å². The van der Waals surface area contributed by atoms with Crippen LogP contribution in [0.4, 0.5) is 14.5 Å². The number of nitrogens with one attached hydrogen (secondary N) is 1. The molecule has 0 radical (unpaired) electrons. The highest BCUT2D eigenvalue weighted by Crippen LogP contribution is 2.23. The SMILES string of the molecule is Cc1ccc(F)c(NS(=O)(=O)c2cccc(F)c2C#N)c1. The van der Waals surface area contributed by atoms with Gasteiger partial charge >= 0.3 is 0 Å². The zero-order chi connectivity index (χ0) is 15.6. The van der Waals surface area contributed by atoms with Crippen LogP contribution >= 0.6 is 0 Å². The van der Waals surface area contributed by atoms with Crippen LogP contribution in [-0.2, 0) is 10.0 Å². The lowest BCUT2D eigenvalue weighted by atomic mass is 10.2. The molecule has 2 aromatic rings. The summed E-state index contributed by atoms with van der Waals surface area (Å²) in [5, 5.41) is 8.87. The highest BCUT2D eigenvalue weighted by atomic mass is 32.2. The average molecular weight is 308 g/mol. The van der Waals surface area contributed by atoms with Gasteiger partial charge in [-0.1, -0.05) is 12.1 Å². The number of halogens is 2. The van der Waals surface area contributed by atoms with Gasteiger partial charge in [0.05, 0.1) is 5.69 Å². The Bertz CT molecular complexity index is 843. The quantitative estimate of drug-likeness (QED) is 0.947. The van der Waals surface area contributed by atoms with E-state index in [9.17, 15) is 17.2 Å². The predicted molar refractivity (Wildman–Crippen MR) is 73.1 cm³/mol. The zero-order valence-electron chi connectivity index (χ0n) is 10.9. The molecule has 2 aromatic carbocycles. The van der Waals surface area contributed by atoms with Crippen LogP contribution < -0.4 is 4.72 Å². The molecule has 0 saturated carbocycles. The van der Waals surface area contributed by atoms with E-state index in [0.29, 0.717) is 5.56 Å². The molecule has 0 aliphatic rings. The second kappa shape index (κ2) is 5.50. The van der Waals surface area contributed by atoms with Crippen LogP contribution in [0.3, 0.4) is 0 Å². The van der Waals surface area contributed by atoms with Crippen molar-refractivity contribution in [1.29, 1.82) is 5.26 Å². The maximum Gasteiger partial charge on any atom is 0.263 e. The van der Waals surface area contributed by atoms with E-state index in [4.69, 9.17) is 5.26 Å². The van der Waals surface area contributed by atoms with Gasteiger partial charge in [-0.15, -0.1) is 0 Å². The number of benzene rings is 2. The first-order valence-electron chi connectivity index (χ1n) is 5.83. The molecule has 0 heterocycles. The minimum Gasteiger partial charge on any atom is -0.277 e. The standard InChI is InChI=1S/C14H10F2N2O2S/c1-9-5-6-12(16)13(7-9)18-21(19,20)14-4-2-3-11(15)10(14)8-17/h2-7,18H,1H3. The summed E-state index contributed by atoms with van der Waals surface area (Å²) in [6.45, 7) is 1.67. The molecule has 0 aliphatic heterocycles. The summed E-state index contributed by atoms with van der Waals surface area (Å²) in [5.41, 5.74) is -0.227. The number of sulfonamides is 1. The normalized spacial score (nSPS) is 11.0. The van der Waals surface area contributed by atoms with E-state index in [1.807, 2.05) is 4.72 Å². The van der Waals surface area contributed by atoms with E-state index in [-0.39, 0.29) is 5.69 Å². The van der Waals surface area contributed by atoms with Gasteiger partial charge in [0.25, 0.3) is 10.0 Å². The molecule has 0 bridgehead atoms. The monoisotopic (exact) mass is 308 g/mol. The number of anilines is 1. The molecule has 0 amide bonds. The Labute approximate surface area is 120 Å². The molecule has 0 spiro atoms. The van der Waals surface area contributed by atoms with E-state index in [0.717, 1.165) is 24.3 Å². The van der Waals surface area contributed by atoms with Crippen molar-refractivity contribution in [2.24, 2.45) is 0 Å². The van der Waals surface area contributed by atoms with Gasteiger partial charge in [0.15, 0.2) is 0 Å². The first kappa shape index (κ1) is 14.9.